The molecule has 2 aromatic carbocycles. The largest absolute Gasteiger partial charge is 0.497 e. The summed E-state index contributed by atoms with van der Waals surface area (Å²) in [6, 6.07) is 18.7. The van der Waals surface area contributed by atoms with Gasteiger partial charge in [0, 0.05) is 25.1 Å². The summed E-state index contributed by atoms with van der Waals surface area (Å²) >= 11 is 0. The molecule has 0 aromatic heterocycles. The topological polar surface area (TPSA) is 54.9 Å². The van der Waals surface area contributed by atoms with Crippen molar-refractivity contribution >= 4 is 5.96 Å². The Morgan fingerprint density at radius 3 is 2.65 bits per heavy atom. The molecule has 0 bridgehead atoms. The molecule has 0 spiro atoms. The minimum absolute atomic E-state index is 0.00443. The first kappa shape index (κ1) is 18.1. The van der Waals surface area contributed by atoms with Crippen LogP contribution >= 0.6 is 0 Å². The Labute approximate surface area is 155 Å². The number of ether oxygens (including phenoxy) is 2. The Morgan fingerprint density at radius 2 is 1.92 bits per heavy atom. The fourth-order valence-corrected chi connectivity index (χ4v) is 2.98. The number of benzene rings is 2. The predicted molar refractivity (Wildman–Crippen MR) is 105 cm³/mol. The molecule has 3 atom stereocenters. The molecule has 5 nitrogen and oxygen atoms in total. The smallest absolute Gasteiger partial charge is 0.191 e. The van der Waals surface area contributed by atoms with E-state index in [1.165, 1.54) is 5.56 Å². The molecule has 1 saturated carbocycles. The Hall–Kier alpha value is -2.69. The molecule has 0 heterocycles. The fourth-order valence-electron chi connectivity index (χ4n) is 2.98. The van der Waals surface area contributed by atoms with Gasteiger partial charge >= 0.3 is 0 Å². The highest BCUT2D eigenvalue weighted by Crippen LogP contribution is 2.40. The minimum Gasteiger partial charge on any atom is -0.497 e. The van der Waals surface area contributed by atoms with E-state index in [9.17, 15) is 0 Å². The molecule has 1 aliphatic carbocycles. The molecule has 1 fully saturated rings. The van der Waals surface area contributed by atoms with Crippen LogP contribution in [-0.2, 0) is 0 Å². The van der Waals surface area contributed by atoms with Crippen LogP contribution in [0.5, 0.6) is 11.5 Å². The van der Waals surface area contributed by atoms with Crippen molar-refractivity contribution in [3.05, 3.63) is 60.2 Å². The van der Waals surface area contributed by atoms with Crippen LogP contribution < -0.4 is 20.1 Å². The predicted octanol–water partition coefficient (Wildman–Crippen LogP) is 3.18. The molecule has 3 unspecified atom stereocenters. The molecule has 3 rings (SSSR count). The van der Waals surface area contributed by atoms with E-state index >= 15 is 0 Å². The molecular formula is C21H27N3O2. The highest BCUT2D eigenvalue weighted by molar-refractivity contribution is 5.80. The van der Waals surface area contributed by atoms with Gasteiger partial charge in [0.15, 0.2) is 5.96 Å². The van der Waals surface area contributed by atoms with Gasteiger partial charge in [-0.3, -0.25) is 4.99 Å². The summed E-state index contributed by atoms with van der Waals surface area (Å²) in [5, 5.41) is 6.83. The van der Waals surface area contributed by atoms with Crippen molar-refractivity contribution in [2.24, 2.45) is 4.99 Å². The van der Waals surface area contributed by atoms with Crippen LogP contribution in [0.3, 0.4) is 0 Å². The molecule has 26 heavy (non-hydrogen) atoms. The molecule has 0 aliphatic heterocycles. The number of nitrogens with zero attached hydrogens (tertiary/aromatic N) is 1. The highest BCUT2D eigenvalue weighted by atomic mass is 16.5. The van der Waals surface area contributed by atoms with E-state index in [-0.39, 0.29) is 6.10 Å². The highest BCUT2D eigenvalue weighted by Gasteiger charge is 2.38. The van der Waals surface area contributed by atoms with Gasteiger partial charge in [-0.1, -0.05) is 36.4 Å². The Kier molecular flexibility index (Phi) is 6.00. The second kappa shape index (κ2) is 8.61. The van der Waals surface area contributed by atoms with E-state index in [1.54, 1.807) is 14.2 Å². The molecule has 0 radical (unpaired) electrons. The summed E-state index contributed by atoms with van der Waals surface area (Å²) in [6.45, 7) is 2.70. The normalized spacial score (nSPS) is 20.2. The standard InChI is InChI=1S/C21H27N3O2/c1-15(26-18-11-7-10-17(12-18)25-3)14-23-21(22-2)24-20-13-19(20)16-8-5-4-6-9-16/h4-12,15,19-20H,13-14H2,1-3H3,(H2,22,23,24). The Balaban J connectivity index is 1.44. The maximum atomic E-state index is 5.94. The molecule has 2 aromatic rings. The molecule has 0 amide bonds. The molecular weight excluding hydrogens is 326 g/mol. The van der Waals surface area contributed by atoms with Gasteiger partial charge in [-0.25, -0.2) is 0 Å². The first-order chi connectivity index (χ1) is 12.7. The molecule has 1 aliphatic rings. The number of nitrogens with one attached hydrogen (secondary N) is 2. The first-order valence-electron chi connectivity index (χ1n) is 9.02. The van der Waals surface area contributed by atoms with Crippen LogP contribution in [-0.4, -0.2) is 38.8 Å². The number of hydrogen-bond acceptors (Lipinski definition) is 3. The van der Waals surface area contributed by atoms with Crippen molar-refractivity contribution in [1.29, 1.82) is 0 Å². The number of hydrogen-bond donors (Lipinski definition) is 2. The summed E-state index contributed by atoms with van der Waals surface area (Å²) in [5.41, 5.74) is 1.38. The lowest BCUT2D eigenvalue weighted by atomic mass is 10.1. The van der Waals surface area contributed by atoms with E-state index < -0.39 is 0 Å². The zero-order valence-electron chi connectivity index (χ0n) is 15.6. The van der Waals surface area contributed by atoms with Crippen LogP contribution in [0.4, 0.5) is 0 Å². The van der Waals surface area contributed by atoms with Crippen molar-refractivity contribution in [2.45, 2.75) is 31.4 Å². The summed E-state index contributed by atoms with van der Waals surface area (Å²) in [6.07, 6.45) is 1.14. The quantitative estimate of drug-likeness (QED) is 0.593. The van der Waals surface area contributed by atoms with E-state index in [1.807, 2.05) is 31.2 Å². The Bertz CT molecular complexity index is 733. The van der Waals surface area contributed by atoms with Gasteiger partial charge in [0.1, 0.15) is 17.6 Å². The summed E-state index contributed by atoms with van der Waals surface area (Å²) in [7, 11) is 3.45. The lowest BCUT2D eigenvalue weighted by molar-refractivity contribution is 0.223. The van der Waals surface area contributed by atoms with Gasteiger partial charge in [-0.2, -0.15) is 0 Å². The first-order valence-corrected chi connectivity index (χ1v) is 9.02. The fraction of sp³-hybridized carbons (Fsp3) is 0.381. The summed E-state index contributed by atoms with van der Waals surface area (Å²) in [5.74, 6) is 2.98. The second-order valence-electron chi connectivity index (χ2n) is 6.56. The third kappa shape index (κ3) is 4.91. The van der Waals surface area contributed by atoms with Crippen molar-refractivity contribution in [3.8, 4) is 11.5 Å². The van der Waals surface area contributed by atoms with Crippen LogP contribution in [0.25, 0.3) is 0 Å². The third-order valence-corrected chi connectivity index (χ3v) is 4.50. The van der Waals surface area contributed by atoms with E-state index in [4.69, 9.17) is 9.47 Å². The lowest BCUT2D eigenvalue weighted by Gasteiger charge is -2.18. The number of guanidine groups is 1. The van der Waals surface area contributed by atoms with Gasteiger partial charge in [0.05, 0.1) is 13.7 Å². The van der Waals surface area contributed by atoms with Gasteiger partial charge in [-0.15, -0.1) is 0 Å². The second-order valence-corrected chi connectivity index (χ2v) is 6.56. The van der Waals surface area contributed by atoms with E-state index in [0.717, 1.165) is 23.9 Å². The number of aliphatic imine (C=N–C) groups is 1. The molecule has 138 valence electrons. The number of rotatable bonds is 7. The average molecular weight is 353 g/mol. The zero-order valence-corrected chi connectivity index (χ0v) is 15.6. The van der Waals surface area contributed by atoms with Crippen LogP contribution in [0.1, 0.15) is 24.8 Å². The average Bonchev–Trinajstić information content (AvgIpc) is 3.45. The maximum Gasteiger partial charge on any atom is 0.191 e. The van der Waals surface area contributed by atoms with Gasteiger partial charge < -0.3 is 20.1 Å². The van der Waals surface area contributed by atoms with Crippen molar-refractivity contribution in [2.75, 3.05) is 20.7 Å². The van der Waals surface area contributed by atoms with Crippen molar-refractivity contribution in [3.63, 3.8) is 0 Å². The minimum atomic E-state index is 0.00443. The van der Waals surface area contributed by atoms with Crippen molar-refractivity contribution in [1.82, 2.24) is 10.6 Å². The molecule has 0 saturated heterocycles. The number of methoxy groups -OCH3 is 1. The zero-order chi connectivity index (χ0) is 18.4. The van der Waals surface area contributed by atoms with Crippen LogP contribution in [0, 0.1) is 0 Å². The SMILES string of the molecule is CN=C(NCC(C)Oc1cccc(OC)c1)NC1CC1c1ccccc1. The van der Waals surface area contributed by atoms with E-state index in [0.29, 0.717) is 18.5 Å². The summed E-state index contributed by atoms with van der Waals surface area (Å²) < 4.78 is 11.2. The van der Waals surface area contributed by atoms with E-state index in [2.05, 4.69) is 46.0 Å². The maximum absolute atomic E-state index is 5.94. The van der Waals surface area contributed by atoms with Crippen molar-refractivity contribution < 1.29 is 9.47 Å². The van der Waals surface area contributed by atoms with Gasteiger partial charge in [-0.05, 0) is 31.0 Å². The van der Waals surface area contributed by atoms with Crippen LogP contribution in [0.15, 0.2) is 59.6 Å². The van der Waals surface area contributed by atoms with Crippen LogP contribution in [0.2, 0.25) is 0 Å². The Morgan fingerprint density at radius 1 is 1.15 bits per heavy atom. The summed E-state index contributed by atoms with van der Waals surface area (Å²) in [4.78, 5) is 4.32. The molecule has 2 N–H and O–H groups in total. The van der Waals surface area contributed by atoms with Gasteiger partial charge in [0.25, 0.3) is 0 Å². The lowest BCUT2D eigenvalue weighted by Crippen LogP contribution is -2.43. The molecule has 5 heteroatoms. The van der Waals surface area contributed by atoms with Gasteiger partial charge in [0.2, 0.25) is 0 Å². The third-order valence-electron chi connectivity index (χ3n) is 4.50. The monoisotopic (exact) mass is 353 g/mol.